The molecule has 1 heterocycles. The lowest BCUT2D eigenvalue weighted by Gasteiger charge is -2.09. The average Bonchev–Trinajstić information content (AvgIpc) is 3.11. The van der Waals surface area contributed by atoms with Crippen LogP contribution in [-0.4, -0.2) is 16.1 Å². The van der Waals surface area contributed by atoms with E-state index in [2.05, 4.69) is 15.5 Å². The largest absolute Gasteiger partial charge is 0.425 e. The molecule has 0 saturated carbocycles. The minimum absolute atomic E-state index is 0.0190. The van der Waals surface area contributed by atoms with Gasteiger partial charge in [-0.15, -0.1) is 10.2 Å². The highest BCUT2D eigenvalue weighted by atomic mass is 19.4. The molecule has 0 radical (unpaired) electrons. The number of hydrogen-bond acceptors (Lipinski definition) is 4. The highest BCUT2D eigenvalue weighted by molar-refractivity contribution is 5.76. The smallest absolute Gasteiger partial charge is 0.416 e. The number of hydrogen-bond donors (Lipinski definition) is 1. The molecule has 3 rings (SSSR count). The zero-order chi connectivity index (χ0) is 20.9. The molecule has 0 atom stereocenters. The Morgan fingerprint density at radius 2 is 1.76 bits per heavy atom. The summed E-state index contributed by atoms with van der Waals surface area (Å²) >= 11 is 0. The molecule has 0 bridgehead atoms. The van der Waals surface area contributed by atoms with Crippen molar-refractivity contribution in [1.82, 2.24) is 15.5 Å². The second-order valence-corrected chi connectivity index (χ2v) is 6.73. The third-order valence-electron chi connectivity index (χ3n) is 4.26. The molecule has 0 fully saturated rings. The van der Waals surface area contributed by atoms with Crippen molar-refractivity contribution in [3.05, 3.63) is 82.6 Å². The van der Waals surface area contributed by atoms with Crippen LogP contribution in [0.3, 0.4) is 0 Å². The van der Waals surface area contributed by atoms with Crippen LogP contribution < -0.4 is 5.32 Å². The predicted octanol–water partition coefficient (Wildman–Crippen LogP) is 4.24. The van der Waals surface area contributed by atoms with Gasteiger partial charge in [0.2, 0.25) is 17.7 Å². The Morgan fingerprint density at radius 3 is 2.52 bits per heavy atom. The summed E-state index contributed by atoms with van der Waals surface area (Å²) in [5.41, 5.74) is 1.83. The van der Waals surface area contributed by atoms with Crippen LogP contribution in [-0.2, 0) is 30.4 Å². The second-order valence-electron chi connectivity index (χ2n) is 6.73. The van der Waals surface area contributed by atoms with Gasteiger partial charge in [-0.2, -0.15) is 13.2 Å². The van der Waals surface area contributed by atoms with E-state index in [9.17, 15) is 18.0 Å². The number of nitrogens with one attached hydrogen (secondary N) is 1. The van der Waals surface area contributed by atoms with Crippen molar-refractivity contribution in [3.63, 3.8) is 0 Å². The summed E-state index contributed by atoms with van der Waals surface area (Å²) in [5.74, 6) is 0.512. The maximum Gasteiger partial charge on any atom is 0.416 e. The number of halogens is 3. The minimum Gasteiger partial charge on any atom is -0.425 e. The van der Waals surface area contributed by atoms with E-state index in [0.717, 1.165) is 23.3 Å². The standard InChI is InChI=1S/C21H20F3N3O2/c1-14-4-2-5-15(10-14)12-20-27-26-19(29-20)9-8-18(28)25-13-16-6-3-7-17(11-16)21(22,23)24/h2-7,10-11H,8-9,12-13H2,1H3,(H,25,28). The van der Waals surface area contributed by atoms with Crippen LogP contribution in [0.2, 0.25) is 0 Å². The second kappa shape index (κ2) is 8.89. The van der Waals surface area contributed by atoms with Crippen LogP contribution in [0, 0.1) is 6.92 Å². The number of aromatic nitrogens is 2. The third-order valence-corrected chi connectivity index (χ3v) is 4.26. The zero-order valence-electron chi connectivity index (χ0n) is 15.8. The molecule has 1 amide bonds. The number of benzene rings is 2. The van der Waals surface area contributed by atoms with E-state index in [1.54, 1.807) is 0 Å². The van der Waals surface area contributed by atoms with Crippen LogP contribution in [0.15, 0.2) is 52.9 Å². The Bertz CT molecular complexity index is 983. The van der Waals surface area contributed by atoms with Gasteiger partial charge in [0.15, 0.2) is 0 Å². The van der Waals surface area contributed by atoms with Crippen LogP contribution in [0.4, 0.5) is 13.2 Å². The lowest BCUT2D eigenvalue weighted by atomic mass is 10.1. The van der Waals surface area contributed by atoms with Crippen molar-refractivity contribution in [2.24, 2.45) is 0 Å². The van der Waals surface area contributed by atoms with Crippen molar-refractivity contribution in [3.8, 4) is 0 Å². The van der Waals surface area contributed by atoms with Gasteiger partial charge in [-0.05, 0) is 30.2 Å². The molecular weight excluding hydrogens is 383 g/mol. The van der Waals surface area contributed by atoms with E-state index in [1.807, 2.05) is 31.2 Å². The van der Waals surface area contributed by atoms with Gasteiger partial charge in [0.1, 0.15) is 0 Å². The van der Waals surface area contributed by atoms with Crippen LogP contribution in [0.5, 0.6) is 0 Å². The topological polar surface area (TPSA) is 68.0 Å². The highest BCUT2D eigenvalue weighted by Crippen LogP contribution is 2.29. The average molecular weight is 403 g/mol. The molecule has 2 aromatic carbocycles. The van der Waals surface area contributed by atoms with Crippen molar-refractivity contribution in [2.75, 3.05) is 0 Å². The third kappa shape index (κ3) is 6.17. The van der Waals surface area contributed by atoms with Crippen molar-refractivity contribution < 1.29 is 22.4 Å². The first-order chi connectivity index (χ1) is 13.8. The summed E-state index contributed by atoms with van der Waals surface area (Å²) in [5, 5.41) is 10.5. The van der Waals surface area contributed by atoms with E-state index in [4.69, 9.17) is 4.42 Å². The van der Waals surface area contributed by atoms with Crippen LogP contribution in [0.25, 0.3) is 0 Å². The van der Waals surface area contributed by atoms with E-state index in [0.29, 0.717) is 23.8 Å². The Morgan fingerprint density at radius 1 is 1.03 bits per heavy atom. The number of carbonyl (C=O) groups excluding carboxylic acids is 1. The van der Waals surface area contributed by atoms with Crippen molar-refractivity contribution >= 4 is 5.91 Å². The molecule has 0 aliphatic heterocycles. The summed E-state index contributed by atoms with van der Waals surface area (Å²) in [7, 11) is 0. The Balaban J connectivity index is 1.47. The number of carbonyl (C=O) groups is 1. The molecule has 0 spiro atoms. The molecule has 0 saturated heterocycles. The zero-order valence-corrected chi connectivity index (χ0v) is 15.8. The first-order valence-electron chi connectivity index (χ1n) is 9.09. The van der Waals surface area contributed by atoms with Gasteiger partial charge in [-0.3, -0.25) is 4.79 Å². The fraction of sp³-hybridized carbons (Fsp3) is 0.286. The van der Waals surface area contributed by atoms with E-state index in [1.165, 1.54) is 12.1 Å². The number of amides is 1. The van der Waals surface area contributed by atoms with Gasteiger partial charge in [0, 0.05) is 19.4 Å². The van der Waals surface area contributed by atoms with Gasteiger partial charge in [-0.25, -0.2) is 0 Å². The van der Waals surface area contributed by atoms with Gasteiger partial charge in [0.25, 0.3) is 0 Å². The molecule has 1 aromatic heterocycles. The van der Waals surface area contributed by atoms with Crippen LogP contribution >= 0.6 is 0 Å². The molecule has 29 heavy (non-hydrogen) atoms. The summed E-state index contributed by atoms with van der Waals surface area (Å²) in [6.07, 6.45) is -3.54. The highest BCUT2D eigenvalue weighted by Gasteiger charge is 2.30. The van der Waals surface area contributed by atoms with Gasteiger partial charge >= 0.3 is 6.18 Å². The lowest BCUT2D eigenvalue weighted by molar-refractivity contribution is -0.137. The van der Waals surface area contributed by atoms with Gasteiger partial charge in [0.05, 0.1) is 12.0 Å². The van der Waals surface area contributed by atoms with E-state index in [-0.39, 0.29) is 25.3 Å². The monoisotopic (exact) mass is 403 g/mol. The first kappa shape index (κ1) is 20.6. The molecule has 1 N–H and O–H groups in total. The van der Waals surface area contributed by atoms with Gasteiger partial charge < -0.3 is 9.73 Å². The lowest BCUT2D eigenvalue weighted by Crippen LogP contribution is -2.23. The number of nitrogens with zero attached hydrogens (tertiary/aromatic N) is 2. The maximum atomic E-state index is 12.7. The Labute approximate surface area is 166 Å². The molecule has 0 unspecified atom stereocenters. The van der Waals surface area contributed by atoms with Crippen molar-refractivity contribution in [1.29, 1.82) is 0 Å². The van der Waals surface area contributed by atoms with E-state index >= 15 is 0 Å². The summed E-state index contributed by atoms with van der Waals surface area (Å²) in [6, 6.07) is 12.8. The molecule has 0 aliphatic rings. The maximum absolute atomic E-state index is 12.7. The predicted molar refractivity (Wildman–Crippen MR) is 99.9 cm³/mol. The summed E-state index contributed by atoms with van der Waals surface area (Å²) in [4.78, 5) is 12.0. The molecule has 8 heteroatoms. The molecular formula is C21H20F3N3O2. The first-order valence-corrected chi connectivity index (χ1v) is 9.09. The van der Waals surface area contributed by atoms with Gasteiger partial charge in [-0.1, -0.05) is 42.0 Å². The fourth-order valence-corrected chi connectivity index (χ4v) is 2.82. The number of rotatable bonds is 7. The number of alkyl halides is 3. The molecule has 0 aliphatic carbocycles. The number of aryl methyl sites for hydroxylation is 2. The molecule has 3 aromatic rings. The summed E-state index contributed by atoms with van der Waals surface area (Å²) in [6.45, 7) is 2.02. The quantitative estimate of drug-likeness (QED) is 0.641. The SMILES string of the molecule is Cc1cccc(Cc2nnc(CCC(=O)NCc3cccc(C(F)(F)F)c3)o2)c1. The van der Waals surface area contributed by atoms with Crippen molar-refractivity contribution in [2.45, 2.75) is 38.9 Å². The Kier molecular flexibility index (Phi) is 6.31. The fourth-order valence-electron chi connectivity index (χ4n) is 2.82. The molecule has 5 nitrogen and oxygen atoms in total. The molecule has 152 valence electrons. The van der Waals surface area contributed by atoms with Crippen LogP contribution in [0.1, 0.15) is 40.5 Å². The normalized spacial score (nSPS) is 11.4. The minimum atomic E-state index is -4.41. The van der Waals surface area contributed by atoms with E-state index < -0.39 is 11.7 Å². The summed E-state index contributed by atoms with van der Waals surface area (Å²) < 4.78 is 43.7. The Hall–Kier alpha value is -3.16.